The number of rotatable bonds is 12. The standard InChI is InChI=1S/C73H112F10N12O13/c1-13-40(4)60-68(105)89(8)39-54(98)91(10)48-24-17-16-20-33-94(67(48)104)51(34-41-25-27-43(28-26-41)72(78,79)80)66(103)88(7)38-52(96)84-46(30-29-45-56(74)58(76)55(73(81,82)83)59(77)57(45)75)64(101)95-37-44(108-15-3)35-49(95)63(100)86-71(31-21-32-71)70(107)93(12)61(42-22-18-19-23-42)69(106)92(11)50(65(102)87(5)6)36-53(97)90(9)47(14-2)62(99)85-60/h40-51,55-61H,13-39H2,1-12H3,(H,84,96)(H,85,99)(H,86,100)/t40-,41?,43?,44+,45?,46-,47-,48-,49-,50-,51-,55?,56?,57?,58?,59?,60-,61-/m0/s1. The second-order valence-electron chi connectivity index (χ2n) is 31.4. The molecule has 3 aliphatic heterocycles. The summed E-state index contributed by atoms with van der Waals surface area (Å²) in [6.45, 7) is 4.37. The van der Waals surface area contributed by atoms with Gasteiger partial charge >= 0.3 is 12.4 Å². The average molecular weight is 1560 g/mol. The van der Waals surface area contributed by atoms with E-state index >= 15 is 46.3 Å². The quantitative estimate of drug-likeness (QED) is 0.194. The number of likely N-dealkylation sites (N-methyl/N-ethyl adjacent to an activating group) is 7. The number of carbonyl (C=O) groups is 12. The van der Waals surface area contributed by atoms with Crippen molar-refractivity contribution in [3.63, 3.8) is 0 Å². The Morgan fingerprint density at radius 3 is 1.75 bits per heavy atom. The van der Waals surface area contributed by atoms with Gasteiger partial charge in [-0.1, -0.05) is 52.9 Å². The van der Waals surface area contributed by atoms with E-state index in [4.69, 9.17) is 4.74 Å². The largest absolute Gasteiger partial charge is 0.397 e. The van der Waals surface area contributed by atoms with E-state index in [0.29, 0.717) is 51.4 Å². The highest BCUT2D eigenvalue weighted by Gasteiger charge is 2.63. The van der Waals surface area contributed by atoms with Gasteiger partial charge in [-0.3, -0.25) is 57.5 Å². The third-order valence-electron chi connectivity index (χ3n) is 24.1. The molecular formula is C73H112F10N12O13. The number of alkyl halides is 10. The van der Waals surface area contributed by atoms with Crippen LogP contribution in [0, 0.1) is 35.5 Å². The molecule has 3 heterocycles. The summed E-state index contributed by atoms with van der Waals surface area (Å²) in [6, 6.07) is -12.0. The molecule has 4 saturated carbocycles. The number of nitrogens with zero attached hydrogens (tertiary/aromatic N) is 9. The van der Waals surface area contributed by atoms with Gasteiger partial charge in [0.1, 0.15) is 84.5 Å². The minimum absolute atomic E-state index is 0.000239. The fourth-order valence-electron chi connectivity index (χ4n) is 17.0. The molecule has 2 bridgehead atoms. The highest BCUT2D eigenvalue weighted by molar-refractivity contribution is 6.01. The topological polar surface area (TPSA) is 279 Å². The summed E-state index contributed by atoms with van der Waals surface area (Å²) >= 11 is 0. The molecule has 14 atom stereocenters. The second-order valence-corrected chi connectivity index (χ2v) is 31.4. The van der Waals surface area contributed by atoms with Crippen molar-refractivity contribution in [1.82, 2.24) is 60.0 Å². The van der Waals surface area contributed by atoms with Crippen LogP contribution in [0.3, 0.4) is 0 Å². The molecule has 4 aliphatic carbocycles. The van der Waals surface area contributed by atoms with Gasteiger partial charge in [0.2, 0.25) is 70.9 Å². The van der Waals surface area contributed by atoms with Crippen molar-refractivity contribution in [1.29, 1.82) is 0 Å². The number of nitrogens with one attached hydrogen (secondary N) is 3. The molecule has 108 heavy (non-hydrogen) atoms. The minimum Gasteiger partial charge on any atom is -0.377 e. The van der Waals surface area contributed by atoms with E-state index < -0.39 is 242 Å². The van der Waals surface area contributed by atoms with E-state index in [1.807, 2.05) is 0 Å². The Morgan fingerprint density at radius 1 is 0.602 bits per heavy atom. The molecule has 0 aromatic carbocycles. The molecule has 7 fully saturated rings. The molecule has 0 aromatic heterocycles. The molecule has 0 radical (unpaired) electrons. The summed E-state index contributed by atoms with van der Waals surface area (Å²) in [5.74, 6) is -20.0. The van der Waals surface area contributed by atoms with Gasteiger partial charge in [-0.25, -0.2) is 17.6 Å². The van der Waals surface area contributed by atoms with E-state index in [-0.39, 0.29) is 83.8 Å². The maximum Gasteiger partial charge on any atom is 0.397 e. The lowest BCUT2D eigenvalue weighted by Crippen LogP contribution is -2.68. The fourth-order valence-corrected chi connectivity index (χ4v) is 17.0. The third kappa shape index (κ3) is 20.1. The van der Waals surface area contributed by atoms with Gasteiger partial charge in [-0.15, -0.1) is 0 Å². The zero-order chi connectivity index (χ0) is 80.5. The first-order valence-electron chi connectivity index (χ1n) is 38.2. The Morgan fingerprint density at radius 2 is 1.20 bits per heavy atom. The molecule has 3 saturated heterocycles. The van der Waals surface area contributed by atoms with Crippen molar-refractivity contribution in [2.75, 3.05) is 89.2 Å². The smallest absolute Gasteiger partial charge is 0.377 e. The van der Waals surface area contributed by atoms with Crippen molar-refractivity contribution >= 4 is 70.9 Å². The lowest BCUT2D eigenvalue weighted by atomic mass is 9.74. The Balaban J connectivity index is 1.33. The predicted octanol–water partition coefficient (Wildman–Crippen LogP) is 5.83. The summed E-state index contributed by atoms with van der Waals surface area (Å²) in [5.41, 5.74) is -1.78. The van der Waals surface area contributed by atoms with Crippen LogP contribution in [0.25, 0.3) is 0 Å². The Hall–Kier alpha value is -7.10. The van der Waals surface area contributed by atoms with Crippen LogP contribution in [0.2, 0.25) is 0 Å². The molecule has 0 aromatic rings. The van der Waals surface area contributed by atoms with Crippen LogP contribution >= 0.6 is 0 Å². The highest BCUT2D eigenvalue weighted by Crippen LogP contribution is 2.48. The van der Waals surface area contributed by atoms with E-state index in [1.165, 1.54) is 64.0 Å². The van der Waals surface area contributed by atoms with Gasteiger partial charge in [-0.2, -0.15) is 26.3 Å². The molecule has 12 amide bonds. The zero-order valence-corrected chi connectivity index (χ0v) is 64.2. The molecular weight excluding hydrogens is 1440 g/mol. The molecule has 7 aliphatic rings. The third-order valence-corrected chi connectivity index (χ3v) is 24.1. The number of amides is 12. The number of carbonyl (C=O) groups excluding carboxylic acids is 12. The highest BCUT2D eigenvalue weighted by atomic mass is 19.4. The lowest BCUT2D eigenvalue weighted by Gasteiger charge is -2.46. The molecule has 7 rings (SSSR count). The first kappa shape index (κ1) is 88.1. The Kier molecular flexibility index (Phi) is 30.4. The number of hydrogen-bond donors (Lipinski definition) is 3. The predicted molar refractivity (Wildman–Crippen MR) is 373 cm³/mol. The molecule has 1 spiro atoms. The van der Waals surface area contributed by atoms with Crippen molar-refractivity contribution < 1.29 is 106 Å². The Labute approximate surface area is 625 Å². The lowest BCUT2D eigenvalue weighted by molar-refractivity contribution is -0.241. The van der Waals surface area contributed by atoms with Crippen LogP contribution < -0.4 is 16.0 Å². The number of hydrogen-bond acceptors (Lipinski definition) is 13. The molecule has 35 heteroatoms. The van der Waals surface area contributed by atoms with Gasteiger partial charge in [0.25, 0.3) is 0 Å². The van der Waals surface area contributed by atoms with Crippen LogP contribution in [0.4, 0.5) is 43.9 Å². The summed E-state index contributed by atoms with van der Waals surface area (Å²) in [4.78, 5) is 190. The normalized spacial score (nSPS) is 33.2. The van der Waals surface area contributed by atoms with Gasteiger partial charge in [-0.05, 0) is 121 Å². The monoisotopic (exact) mass is 1550 g/mol. The fraction of sp³-hybridized carbons (Fsp3) is 0.836. The summed E-state index contributed by atoms with van der Waals surface area (Å²) in [7, 11) is 10.5. The summed E-state index contributed by atoms with van der Waals surface area (Å²) in [6.07, 6.45) is -25.2. The van der Waals surface area contributed by atoms with E-state index in [2.05, 4.69) is 16.0 Å². The van der Waals surface area contributed by atoms with Crippen LogP contribution in [-0.2, 0) is 62.3 Å². The zero-order valence-electron chi connectivity index (χ0n) is 64.2. The maximum absolute atomic E-state index is 16.0. The summed E-state index contributed by atoms with van der Waals surface area (Å²) < 4.78 is 153. The van der Waals surface area contributed by atoms with Gasteiger partial charge < -0.3 is 64.8 Å². The van der Waals surface area contributed by atoms with Gasteiger partial charge in [0, 0.05) is 88.4 Å². The first-order chi connectivity index (χ1) is 50.6. The van der Waals surface area contributed by atoms with Crippen molar-refractivity contribution in [3.05, 3.63) is 0 Å². The first-order valence-corrected chi connectivity index (χ1v) is 38.2. The minimum atomic E-state index is -5.73. The summed E-state index contributed by atoms with van der Waals surface area (Å²) in [5, 5.41) is 8.04. The molecule has 612 valence electrons. The molecule has 4 unspecified atom stereocenters. The maximum atomic E-state index is 16.0. The van der Waals surface area contributed by atoms with Crippen LogP contribution in [0.1, 0.15) is 169 Å². The van der Waals surface area contributed by atoms with E-state index in [1.54, 1.807) is 27.7 Å². The Bertz CT molecular complexity index is 3200. The molecule has 25 nitrogen and oxygen atoms in total. The second kappa shape index (κ2) is 37.3. The van der Waals surface area contributed by atoms with Crippen LogP contribution in [-0.4, -0.2) is 301 Å². The molecule has 3 N–H and O–H groups in total. The average Bonchev–Trinajstić information content (AvgIpc) is 1.31. The van der Waals surface area contributed by atoms with Crippen molar-refractivity contribution in [3.8, 4) is 0 Å². The van der Waals surface area contributed by atoms with E-state index in [0.717, 1.165) is 36.4 Å². The number of ether oxygens (including phenoxy) is 1. The van der Waals surface area contributed by atoms with Crippen LogP contribution in [0.15, 0.2) is 0 Å². The van der Waals surface area contributed by atoms with Crippen molar-refractivity contribution in [2.45, 2.75) is 266 Å². The van der Waals surface area contributed by atoms with E-state index in [9.17, 15) is 55.1 Å². The van der Waals surface area contributed by atoms with Crippen molar-refractivity contribution in [2.24, 2.45) is 35.5 Å². The van der Waals surface area contributed by atoms with Crippen LogP contribution in [0.5, 0.6) is 0 Å². The number of fused-ring (bicyclic) bond motifs is 3. The van der Waals surface area contributed by atoms with Gasteiger partial charge in [0.05, 0.1) is 31.5 Å². The number of halogens is 10. The van der Waals surface area contributed by atoms with Gasteiger partial charge in [0.15, 0.2) is 0 Å². The SMILES string of the molecule is CCO[C@@H]1C[C@H]2C(=O)NC3(CCC3)C(=O)N(C)[C@@H](C3CCCC3)C(=O)N(C)[C@H](C(=O)N(C)C)CC(=O)N(C)[C@@H](CC)C(=O)N[C@@H]([C@@H](C)CC)C(=O)N(C)CC(=O)N(C)[C@H]3CCCCCN(C3=O)[C@@H](CC3CCC(C(F)(F)F)CC3)C(=O)N(C)CC(=O)N[C@@H](CCC3C(F)C(F)C(C(F)(F)F)C(F)C3F)C(=O)N2C1.